The first-order valence-corrected chi connectivity index (χ1v) is 5.40. The standard InChI is InChI=1S/C13H8ClF2NO/c14-9-1-7(4-12(17)5-9)13(18)8-2-10(15)6-11(16)3-8/h1-6H,17H2. The first-order valence-electron chi connectivity index (χ1n) is 5.02. The Kier molecular flexibility index (Phi) is 3.30. The van der Waals surface area contributed by atoms with E-state index in [2.05, 4.69) is 0 Å². The van der Waals surface area contributed by atoms with Gasteiger partial charge in [0.2, 0.25) is 0 Å². The third-order valence-corrected chi connectivity index (χ3v) is 2.53. The minimum absolute atomic E-state index is 0.0887. The first-order chi connectivity index (χ1) is 8.45. The van der Waals surface area contributed by atoms with Crippen molar-refractivity contribution in [1.29, 1.82) is 0 Å². The number of nitrogens with two attached hydrogens (primary N) is 1. The van der Waals surface area contributed by atoms with Crippen LogP contribution in [0.5, 0.6) is 0 Å². The van der Waals surface area contributed by atoms with Gasteiger partial charge in [0.05, 0.1) is 0 Å². The minimum Gasteiger partial charge on any atom is -0.399 e. The average Bonchev–Trinajstić information content (AvgIpc) is 2.25. The van der Waals surface area contributed by atoms with Gasteiger partial charge in [-0.3, -0.25) is 4.79 Å². The summed E-state index contributed by atoms with van der Waals surface area (Å²) in [5.74, 6) is -2.16. The fourth-order valence-corrected chi connectivity index (χ4v) is 1.84. The third kappa shape index (κ3) is 2.65. The smallest absolute Gasteiger partial charge is 0.193 e. The molecule has 0 atom stereocenters. The second-order valence-corrected chi connectivity index (χ2v) is 4.20. The summed E-state index contributed by atoms with van der Waals surface area (Å²) in [6.07, 6.45) is 0. The molecule has 0 aromatic heterocycles. The molecule has 0 unspecified atom stereocenters. The van der Waals surface area contributed by atoms with Gasteiger partial charge in [-0.2, -0.15) is 0 Å². The highest BCUT2D eigenvalue weighted by atomic mass is 35.5. The maximum Gasteiger partial charge on any atom is 0.193 e. The van der Waals surface area contributed by atoms with Crippen LogP contribution in [0.25, 0.3) is 0 Å². The summed E-state index contributed by atoms with van der Waals surface area (Å²) >= 11 is 5.76. The van der Waals surface area contributed by atoms with Crippen LogP contribution in [-0.4, -0.2) is 5.78 Å². The highest BCUT2D eigenvalue weighted by molar-refractivity contribution is 6.31. The van der Waals surface area contributed by atoms with Gasteiger partial charge in [-0.05, 0) is 30.3 Å². The normalized spacial score (nSPS) is 10.4. The molecule has 0 amide bonds. The van der Waals surface area contributed by atoms with Crippen LogP contribution < -0.4 is 5.73 Å². The van der Waals surface area contributed by atoms with Crippen LogP contribution >= 0.6 is 11.6 Å². The minimum atomic E-state index is -0.812. The van der Waals surface area contributed by atoms with Crippen LogP contribution in [0.15, 0.2) is 36.4 Å². The largest absolute Gasteiger partial charge is 0.399 e. The van der Waals surface area contributed by atoms with Crippen molar-refractivity contribution in [3.8, 4) is 0 Å². The van der Waals surface area contributed by atoms with Crippen LogP contribution in [0.2, 0.25) is 5.02 Å². The number of hydrogen-bond acceptors (Lipinski definition) is 2. The summed E-state index contributed by atoms with van der Waals surface area (Å²) in [4.78, 5) is 12.0. The van der Waals surface area contributed by atoms with E-state index in [1.54, 1.807) is 0 Å². The van der Waals surface area contributed by atoms with E-state index >= 15 is 0 Å². The predicted octanol–water partition coefficient (Wildman–Crippen LogP) is 3.43. The molecule has 5 heteroatoms. The van der Waals surface area contributed by atoms with Crippen molar-refractivity contribution in [3.05, 3.63) is 64.2 Å². The van der Waals surface area contributed by atoms with Crippen molar-refractivity contribution in [1.82, 2.24) is 0 Å². The monoisotopic (exact) mass is 267 g/mol. The number of ketones is 1. The Hall–Kier alpha value is -1.94. The zero-order valence-corrected chi connectivity index (χ0v) is 9.84. The number of nitrogen functional groups attached to an aromatic ring is 1. The Morgan fingerprint density at radius 1 is 0.944 bits per heavy atom. The number of anilines is 1. The molecule has 92 valence electrons. The Balaban J connectivity index is 2.47. The van der Waals surface area contributed by atoms with E-state index in [9.17, 15) is 13.6 Å². The van der Waals surface area contributed by atoms with Crippen molar-refractivity contribution in [2.24, 2.45) is 0 Å². The van der Waals surface area contributed by atoms with Gasteiger partial charge >= 0.3 is 0 Å². The molecule has 2 aromatic rings. The molecule has 18 heavy (non-hydrogen) atoms. The molecule has 0 saturated heterocycles. The number of carbonyl (C=O) groups is 1. The molecular weight excluding hydrogens is 260 g/mol. The summed E-state index contributed by atoms with van der Waals surface area (Å²) in [5.41, 5.74) is 5.95. The molecule has 0 spiro atoms. The molecule has 0 saturated carbocycles. The molecule has 0 aliphatic heterocycles. The third-order valence-electron chi connectivity index (χ3n) is 2.31. The van der Waals surface area contributed by atoms with Crippen LogP contribution in [0.3, 0.4) is 0 Å². The van der Waals surface area contributed by atoms with Crippen molar-refractivity contribution in [2.45, 2.75) is 0 Å². The average molecular weight is 268 g/mol. The topological polar surface area (TPSA) is 43.1 Å². The maximum atomic E-state index is 13.0. The molecule has 2 aromatic carbocycles. The van der Waals surface area contributed by atoms with E-state index < -0.39 is 17.4 Å². The number of rotatable bonds is 2. The Morgan fingerprint density at radius 3 is 2.06 bits per heavy atom. The molecule has 2 N–H and O–H groups in total. The van der Waals surface area contributed by atoms with Gasteiger partial charge in [0, 0.05) is 27.9 Å². The molecular formula is C13H8ClF2NO. The summed E-state index contributed by atoms with van der Waals surface area (Å²) in [6, 6.07) is 6.89. The molecule has 0 aliphatic rings. The quantitative estimate of drug-likeness (QED) is 0.669. The van der Waals surface area contributed by atoms with E-state index in [1.165, 1.54) is 18.2 Å². The van der Waals surface area contributed by atoms with Gasteiger partial charge in [0.25, 0.3) is 0 Å². The summed E-state index contributed by atoms with van der Waals surface area (Å²) < 4.78 is 26.0. The van der Waals surface area contributed by atoms with Gasteiger partial charge in [0.1, 0.15) is 11.6 Å². The molecule has 2 rings (SSSR count). The van der Waals surface area contributed by atoms with Crippen molar-refractivity contribution < 1.29 is 13.6 Å². The van der Waals surface area contributed by atoms with Gasteiger partial charge in [0.15, 0.2) is 5.78 Å². The van der Waals surface area contributed by atoms with Gasteiger partial charge in [-0.1, -0.05) is 11.6 Å². The number of halogens is 3. The fraction of sp³-hybridized carbons (Fsp3) is 0. The molecule has 0 aliphatic carbocycles. The lowest BCUT2D eigenvalue weighted by Crippen LogP contribution is -2.03. The first kappa shape index (κ1) is 12.5. The predicted molar refractivity (Wildman–Crippen MR) is 65.7 cm³/mol. The van der Waals surface area contributed by atoms with Gasteiger partial charge < -0.3 is 5.73 Å². The van der Waals surface area contributed by atoms with Crippen molar-refractivity contribution in [3.63, 3.8) is 0 Å². The molecule has 2 nitrogen and oxygen atoms in total. The lowest BCUT2D eigenvalue weighted by molar-refractivity contribution is 0.103. The van der Waals surface area contributed by atoms with E-state index in [1.807, 2.05) is 0 Å². The second-order valence-electron chi connectivity index (χ2n) is 3.76. The van der Waals surface area contributed by atoms with E-state index in [4.69, 9.17) is 17.3 Å². The fourth-order valence-electron chi connectivity index (χ4n) is 1.60. The second kappa shape index (κ2) is 4.74. The zero-order chi connectivity index (χ0) is 13.3. The van der Waals surface area contributed by atoms with Crippen LogP contribution in [-0.2, 0) is 0 Å². The highest BCUT2D eigenvalue weighted by Crippen LogP contribution is 2.20. The van der Waals surface area contributed by atoms with E-state index in [0.29, 0.717) is 11.8 Å². The van der Waals surface area contributed by atoms with Crippen LogP contribution in [0, 0.1) is 11.6 Å². The van der Waals surface area contributed by atoms with Crippen LogP contribution in [0.4, 0.5) is 14.5 Å². The number of carbonyl (C=O) groups excluding carboxylic acids is 1. The summed E-state index contributed by atoms with van der Waals surface area (Å²) in [5, 5.41) is 0.287. The summed E-state index contributed by atoms with van der Waals surface area (Å²) in [7, 11) is 0. The summed E-state index contributed by atoms with van der Waals surface area (Å²) in [6.45, 7) is 0. The molecule has 0 radical (unpaired) electrons. The number of hydrogen-bond donors (Lipinski definition) is 1. The molecule has 0 bridgehead atoms. The zero-order valence-electron chi connectivity index (χ0n) is 9.08. The van der Waals surface area contributed by atoms with Crippen molar-refractivity contribution in [2.75, 3.05) is 5.73 Å². The van der Waals surface area contributed by atoms with Crippen molar-refractivity contribution >= 4 is 23.1 Å². The Bertz CT molecular complexity index is 534. The Morgan fingerprint density at radius 2 is 1.50 bits per heavy atom. The van der Waals surface area contributed by atoms with Gasteiger partial charge in [-0.25, -0.2) is 8.78 Å². The van der Waals surface area contributed by atoms with E-state index in [0.717, 1.165) is 12.1 Å². The Labute approximate surface area is 107 Å². The maximum absolute atomic E-state index is 13.0. The lowest BCUT2D eigenvalue weighted by Gasteiger charge is -2.04. The SMILES string of the molecule is Nc1cc(Cl)cc(C(=O)c2cc(F)cc(F)c2)c1. The molecule has 0 fully saturated rings. The van der Waals surface area contributed by atoms with Crippen LogP contribution in [0.1, 0.15) is 15.9 Å². The van der Waals surface area contributed by atoms with E-state index in [-0.39, 0.29) is 16.1 Å². The number of benzene rings is 2. The lowest BCUT2D eigenvalue weighted by atomic mass is 10.0. The molecule has 0 heterocycles. The van der Waals surface area contributed by atoms with Gasteiger partial charge in [-0.15, -0.1) is 0 Å². The highest BCUT2D eigenvalue weighted by Gasteiger charge is 2.13.